The van der Waals surface area contributed by atoms with E-state index in [0.29, 0.717) is 0 Å². The molecule has 0 bridgehead atoms. The predicted molar refractivity (Wildman–Crippen MR) is 73.2 cm³/mol. The number of nitrogens with one attached hydrogen (secondary N) is 1. The van der Waals surface area contributed by atoms with Crippen molar-refractivity contribution in [2.24, 2.45) is 11.0 Å². The summed E-state index contributed by atoms with van der Waals surface area (Å²) in [6.07, 6.45) is 6.77. The van der Waals surface area contributed by atoms with E-state index in [1.165, 1.54) is 17.0 Å². The highest BCUT2D eigenvalue weighted by molar-refractivity contribution is 7.15. The van der Waals surface area contributed by atoms with E-state index >= 15 is 0 Å². The van der Waals surface area contributed by atoms with Gasteiger partial charge in [0.1, 0.15) is 5.76 Å². The lowest BCUT2D eigenvalue weighted by atomic mass is 9.93. The Kier molecular flexibility index (Phi) is 3.15. The number of hydrogen-bond donors (Lipinski definition) is 1. The molecule has 0 amide bonds. The van der Waals surface area contributed by atoms with Crippen molar-refractivity contribution in [3.05, 3.63) is 34.7 Å². The van der Waals surface area contributed by atoms with Crippen LogP contribution in [0.4, 0.5) is 5.13 Å². The van der Waals surface area contributed by atoms with E-state index < -0.39 is 0 Å². The lowest BCUT2D eigenvalue weighted by Gasteiger charge is -2.15. The first-order chi connectivity index (χ1) is 8.81. The van der Waals surface area contributed by atoms with Crippen LogP contribution in [0.1, 0.15) is 29.7 Å². The summed E-state index contributed by atoms with van der Waals surface area (Å²) >= 11 is 1.71. The van der Waals surface area contributed by atoms with E-state index in [1.807, 2.05) is 12.1 Å². The van der Waals surface area contributed by atoms with Crippen molar-refractivity contribution in [2.45, 2.75) is 26.2 Å². The Balaban J connectivity index is 1.67. The standard InChI is InChI=1S/C13H15N3OS/c1-9-4-5-11-12(7-9)18-13(15-11)16-14-8-10-3-2-6-17-10/h2-3,6,8-9H,4-5,7H2,1H3,(H,15,16)/b14-8-. The molecule has 2 aromatic heterocycles. The van der Waals surface area contributed by atoms with Gasteiger partial charge < -0.3 is 4.42 Å². The average Bonchev–Trinajstić information content (AvgIpc) is 2.97. The third-order valence-corrected chi connectivity index (χ3v) is 4.11. The first-order valence-electron chi connectivity index (χ1n) is 6.12. The van der Waals surface area contributed by atoms with Crippen molar-refractivity contribution in [3.8, 4) is 0 Å². The number of rotatable bonds is 3. The number of thiazole rings is 1. The van der Waals surface area contributed by atoms with E-state index in [9.17, 15) is 0 Å². The van der Waals surface area contributed by atoms with Crippen LogP contribution in [0.3, 0.4) is 0 Å². The van der Waals surface area contributed by atoms with Crippen LogP contribution in [0.25, 0.3) is 0 Å². The van der Waals surface area contributed by atoms with E-state index in [2.05, 4.69) is 22.4 Å². The number of nitrogens with zero attached hydrogens (tertiary/aromatic N) is 2. The SMILES string of the molecule is CC1CCc2nc(N/N=C\c3ccco3)sc2C1. The molecule has 2 aromatic rings. The first-order valence-corrected chi connectivity index (χ1v) is 6.94. The highest BCUT2D eigenvalue weighted by atomic mass is 32.1. The molecule has 0 spiro atoms. The smallest absolute Gasteiger partial charge is 0.203 e. The molecule has 1 aliphatic carbocycles. The van der Waals surface area contributed by atoms with Crippen LogP contribution in [0, 0.1) is 5.92 Å². The molecule has 0 aromatic carbocycles. The Labute approximate surface area is 110 Å². The van der Waals surface area contributed by atoms with E-state index in [-0.39, 0.29) is 0 Å². The van der Waals surface area contributed by atoms with Crippen molar-refractivity contribution in [3.63, 3.8) is 0 Å². The van der Waals surface area contributed by atoms with Gasteiger partial charge in [0.05, 0.1) is 18.2 Å². The summed E-state index contributed by atoms with van der Waals surface area (Å²) in [6.45, 7) is 2.30. The second kappa shape index (κ2) is 4.94. The molecule has 3 rings (SSSR count). The minimum absolute atomic E-state index is 0.734. The number of hydrogen-bond acceptors (Lipinski definition) is 5. The molecule has 1 N–H and O–H groups in total. The minimum Gasteiger partial charge on any atom is -0.463 e. The fourth-order valence-electron chi connectivity index (χ4n) is 2.10. The van der Waals surface area contributed by atoms with Gasteiger partial charge in [-0.25, -0.2) is 4.98 Å². The van der Waals surface area contributed by atoms with Crippen LogP contribution < -0.4 is 5.43 Å². The quantitative estimate of drug-likeness (QED) is 0.681. The maximum absolute atomic E-state index is 5.16. The van der Waals surface area contributed by atoms with Crippen molar-refractivity contribution in [2.75, 3.05) is 5.43 Å². The maximum atomic E-state index is 5.16. The minimum atomic E-state index is 0.734. The van der Waals surface area contributed by atoms with Crippen molar-refractivity contribution >= 4 is 22.7 Å². The Hall–Kier alpha value is -1.62. The van der Waals surface area contributed by atoms with Crippen LogP contribution in [0.5, 0.6) is 0 Å². The highest BCUT2D eigenvalue weighted by Gasteiger charge is 2.19. The molecular weight excluding hydrogens is 246 g/mol. The second-order valence-electron chi connectivity index (χ2n) is 4.62. The Bertz CT molecular complexity index is 545. The van der Waals surface area contributed by atoms with Crippen LogP contribution >= 0.6 is 11.3 Å². The number of furan rings is 1. The molecule has 0 saturated heterocycles. The van der Waals surface area contributed by atoms with Gasteiger partial charge in [0.2, 0.25) is 5.13 Å². The largest absolute Gasteiger partial charge is 0.463 e. The van der Waals surface area contributed by atoms with Crippen molar-refractivity contribution < 1.29 is 4.42 Å². The Morgan fingerprint density at radius 3 is 3.39 bits per heavy atom. The van der Waals surface area contributed by atoms with Gasteiger partial charge in [-0.3, -0.25) is 5.43 Å². The Morgan fingerprint density at radius 2 is 2.56 bits per heavy atom. The molecule has 1 aliphatic rings. The summed E-state index contributed by atoms with van der Waals surface area (Å²) in [7, 11) is 0. The van der Waals surface area contributed by atoms with Crippen molar-refractivity contribution in [1.82, 2.24) is 4.98 Å². The second-order valence-corrected chi connectivity index (χ2v) is 5.71. The summed E-state index contributed by atoms with van der Waals surface area (Å²) in [5, 5.41) is 5.00. The van der Waals surface area contributed by atoms with Gasteiger partial charge in [0.15, 0.2) is 0 Å². The topological polar surface area (TPSA) is 50.4 Å². The molecule has 0 aliphatic heterocycles. The van der Waals surface area contributed by atoms with Gasteiger partial charge in [0, 0.05) is 4.88 Å². The van der Waals surface area contributed by atoms with Gasteiger partial charge >= 0.3 is 0 Å². The fourth-order valence-corrected chi connectivity index (χ4v) is 3.22. The van der Waals surface area contributed by atoms with E-state index in [4.69, 9.17) is 4.42 Å². The molecular formula is C13H15N3OS. The molecule has 2 heterocycles. The normalized spacial score (nSPS) is 19.1. The number of anilines is 1. The van der Waals surface area contributed by atoms with Crippen LogP contribution in [0.2, 0.25) is 0 Å². The number of aryl methyl sites for hydroxylation is 1. The molecule has 0 saturated carbocycles. The third kappa shape index (κ3) is 2.46. The molecule has 94 valence electrons. The molecule has 1 unspecified atom stereocenters. The predicted octanol–water partition coefficient (Wildman–Crippen LogP) is 3.31. The lowest BCUT2D eigenvalue weighted by molar-refractivity contribution is 0.502. The van der Waals surface area contributed by atoms with E-state index in [1.54, 1.807) is 23.8 Å². The summed E-state index contributed by atoms with van der Waals surface area (Å²) in [4.78, 5) is 5.97. The summed E-state index contributed by atoms with van der Waals surface area (Å²) in [5.74, 6) is 1.51. The van der Waals surface area contributed by atoms with Gasteiger partial charge in [0.25, 0.3) is 0 Å². The zero-order valence-corrected chi connectivity index (χ0v) is 11.0. The first kappa shape index (κ1) is 11.5. The zero-order chi connectivity index (χ0) is 12.4. The van der Waals surface area contributed by atoms with Crippen LogP contribution in [-0.4, -0.2) is 11.2 Å². The molecule has 4 nitrogen and oxygen atoms in total. The summed E-state index contributed by atoms with van der Waals surface area (Å²) in [5.41, 5.74) is 4.22. The molecule has 0 radical (unpaired) electrons. The molecule has 18 heavy (non-hydrogen) atoms. The number of aromatic nitrogens is 1. The van der Waals surface area contributed by atoms with Gasteiger partial charge in [-0.15, -0.1) is 11.3 Å². The van der Waals surface area contributed by atoms with Gasteiger partial charge in [-0.05, 0) is 37.3 Å². The average molecular weight is 261 g/mol. The molecule has 5 heteroatoms. The maximum Gasteiger partial charge on any atom is 0.203 e. The third-order valence-electron chi connectivity index (χ3n) is 3.08. The Morgan fingerprint density at radius 1 is 1.61 bits per heavy atom. The van der Waals surface area contributed by atoms with Gasteiger partial charge in [-0.1, -0.05) is 6.92 Å². The number of hydrazone groups is 1. The van der Waals surface area contributed by atoms with Crippen molar-refractivity contribution in [1.29, 1.82) is 0 Å². The molecule has 0 fully saturated rings. The lowest BCUT2D eigenvalue weighted by Crippen LogP contribution is -2.09. The fraction of sp³-hybridized carbons (Fsp3) is 0.385. The van der Waals surface area contributed by atoms with E-state index in [0.717, 1.165) is 29.7 Å². The zero-order valence-electron chi connectivity index (χ0n) is 10.2. The van der Waals surface area contributed by atoms with Crippen LogP contribution in [-0.2, 0) is 12.8 Å². The monoisotopic (exact) mass is 261 g/mol. The number of fused-ring (bicyclic) bond motifs is 1. The van der Waals surface area contributed by atoms with Crippen LogP contribution in [0.15, 0.2) is 27.9 Å². The molecule has 1 atom stereocenters. The summed E-state index contributed by atoms with van der Waals surface area (Å²) < 4.78 is 5.16. The summed E-state index contributed by atoms with van der Waals surface area (Å²) in [6, 6.07) is 3.70. The van der Waals surface area contributed by atoms with Gasteiger partial charge in [-0.2, -0.15) is 5.10 Å². The highest BCUT2D eigenvalue weighted by Crippen LogP contribution is 2.31.